The highest BCUT2D eigenvalue weighted by Crippen LogP contribution is 2.59. The van der Waals surface area contributed by atoms with Gasteiger partial charge in [0.2, 0.25) is 0 Å². The van der Waals surface area contributed by atoms with Crippen molar-refractivity contribution < 1.29 is 9.59 Å². The van der Waals surface area contributed by atoms with Crippen molar-refractivity contribution in [3.63, 3.8) is 0 Å². The Morgan fingerprint density at radius 2 is 1.13 bits per heavy atom. The molecule has 0 saturated heterocycles. The molecule has 2 aliphatic rings. The van der Waals surface area contributed by atoms with Crippen molar-refractivity contribution in [1.82, 2.24) is 0 Å². The summed E-state index contributed by atoms with van der Waals surface area (Å²) < 4.78 is 0. The molecule has 0 spiro atoms. The summed E-state index contributed by atoms with van der Waals surface area (Å²) in [5.41, 5.74) is 20.7. The Labute approximate surface area is 313 Å². The third kappa shape index (κ3) is 5.34. The second kappa shape index (κ2) is 13.2. The molecule has 3 unspecified atom stereocenters. The summed E-state index contributed by atoms with van der Waals surface area (Å²) in [7, 11) is 0. The van der Waals surface area contributed by atoms with E-state index in [1.165, 1.54) is 11.1 Å². The molecule has 6 N–H and O–H groups in total. The highest BCUT2D eigenvalue weighted by atomic mass is 16.1. The molecule has 0 aromatic heterocycles. The molecule has 3 atom stereocenters. The van der Waals surface area contributed by atoms with Gasteiger partial charge in [0.1, 0.15) is 0 Å². The number of amides is 1. The maximum atomic E-state index is 13.5. The van der Waals surface area contributed by atoms with E-state index in [2.05, 4.69) is 95.6 Å². The zero-order valence-electron chi connectivity index (χ0n) is 29.5. The number of allylic oxidation sites excluding steroid dienone is 4. The van der Waals surface area contributed by atoms with Crippen molar-refractivity contribution in [2.45, 2.75) is 11.3 Å². The summed E-state index contributed by atoms with van der Waals surface area (Å²) in [5, 5.41) is 10.1. The lowest BCUT2D eigenvalue weighted by Gasteiger charge is -2.39. The molecule has 0 saturated carbocycles. The third-order valence-electron chi connectivity index (χ3n) is 11.3. The van der Waals surface area contributed by atoms with Crippen molar-refractivity contribution in [3.05, 3.63) is 203 Å². The van der Waals surface area contributed by atoms with Gasteiger partial charge in [-0.25, -0.2) is 0 Å². The van der Waals surface area contributed by atoms with Gasteiger partial charge < -0.3 is 22.1 Å². The number of nitrogens with one attached hydrogen (secondary N) is 2. The van der Waals surface area contributed by atoms with Crippen LogP contribution in [0.3, 0.4) is 0 Å². The van der Waals surface area contributed by atoms with E-state index in [9.17, 15) is 9.59 Å². The van der Waals surface area contributed by atoms with Crippen molar-refractivity contribution in [1.29, 1.82) is 0 Å². The van der Waals surface area contributed by atoms with Crippen LogP contribution in [-0.2, 0) is 5.41 Å². The molecule has 7 aromatic rings. The van der Waals surface area contributed by atoms with Crippen LogP contribution in [0.15, 0.2) is 170 Å². The maximum absolute atomic E-state index is 13.5. The SMILES string of the molecule is Nc1c(C(=O)CNc2ccc(C3(c4ccc(NC(=O)c5ccc6ccccc6c5N)cc4)c4ccccc4C4C=CC=CC43)cc2)ccc2ccccc12. The predicted octanol–water partition coefficient (Wildman–Crippen LogP) is 9.88. The van der Waals surface area contributed by atoms with E-state index in [4.69, 9.17) is 11.5 Å². The average molecular weight is 703 g/mol. The number of fused-ring (bicyclic) bond motifs is 5. The summed E-state index contributed by atoms with van der Waals surface area (Å²) in [6.45, 7) is 0.117. The number of hydrogen-bond acceptors (Lipinski definition) is 5. The van der Waals surface area contributed by atoms with Gasteiger partial charge in [0.05, 0.1) is 28.9 Å². The van der Waals surface area contributed by atoms with E-state index in [1.54, 1.807) is 6.07 Å². The Bertz CT molecular complexity index is 2660. The van der Waals surface area contributed by atoms with E-state index >= 15 is 0 Å². The zero-order chi connectivity index (χ0) is 36.8. The van der Waals surface area contributed by atoms with Crippen LogP contribution in [0, 0.1) is 5.92 Å². The molecule has 6 heteroatoms. The van der Waals surface area contributed by atoms with Gasteiger partial charge in [0.25, 0.3) is 5.91 Å². The second-order valence-electron chi connectivity index (χ2n) is 14.1. The van der Waals surface area contributed by atoms with E-state index in [0.29, 0.717) is 28.2 Å². The number of carbonyl (C=O) groups excluding carboxylic acids is 2. The molecular weight excluding hydrogens is 665 g/mol. The molecule has 9 rings (SSSR count). The molecule has 1 amide bonds. The molecule has 6 nitrogen and oxygen atoms in total. The quantitative estimate of drug-likeness (QED) is 0.0931. The lowest BCUT2D eigenvalue weighted by Crippen LogP contribution is -2.35. The normalized spacial score (nSPS) is 18.3. The van der Waals surface area contributed by atoms with Crippen LogP contribution in [0.2, 0.25) is 0 Å². The summed E-state index contributed by atoms with van der Waals surface area (Å²) >= 11 is 0. The van der Waals surface area contributed by atoms with Crippen LogP contribution in [0.25, 0.3) is 21.5 Å². The Hall–Kier alpha value is -6.92. The molecule has 7 aromatic carbocycles. The molecule has 54 heavy (non-hydrogen) atoms. The number of nitrogens with two attached hydrogens (primary N) is 2. The summed E-state index contributed by atoms with van der Waals surface area (Å²) in [5.74, 6) is -0.00325. The van der Waals surface area contributed by atoms with Gasteiger partial charge in [-0.2, -0.15) is 0 Å². The number of ketones is 1. The summed E-state index contributed by atoms with van der Waals surface area (Å²) in [6.07, 6.45) is 8.90. The van der Waals surface area contributed by atoms with Crippen molar-refractivity contribution in [3.8, 4) is 0 Å². The summed E-state index contributed by atoms with van der Waals surface area (Å²) in [4.78, 5) is 26.8. The smallest absolute Gasteiger partial charge is 0.257 e. The fraction of sp³-hybridized carbons (Fsp3) is 0.0833. The first-order chi connectivity index (χ1) is 26.4. The van der Waals surface area contributed by atoms with E-state index in [1.807, 2.05) is 78.9 Å². The van der Waals surface area contributed by atoms with E-state index in [0.717, 1.165) is 38.4 Å². The number of Topliss-reactive ketones (excluding diaryl/α,β-unsaturated/α-hetero) is 1. The molecule has 0 heterocycles. The molecule has 0 radical (unpaired) electrons. The maximum Gasteiger partial charge on any atom is 0.257 e. The zero-order valence-corrected chi connectivity index (χ0v) is 29.5. The number of hydrogen-bond donors (Lipinski definition) is 4. The molecule has 0 aliphatic heterocycles. The first-order valence-electron chi connectivity index (χ1n) is 18.2. The monoisotopic (exact) mass is 702 g/mol. The van der Waals surface area contributed by atoms with Gasteiger partial charge in [-0.1, -0.05) is 133 Å². The fourth-order valence-electron chi connectivity index (χ4n) is 8.68. The Morgan fingerprint density at radius 1 is 0.574 bits per heavy atom. The highest BCUT2D eigenvalue weighted by Gasteiger charge is 2.52. The van der Waals surface area contributed by atoms with Crippen LogP contribution in [0.1, 0.15) is 48.9 Å². The van der Waals surface area contributed by atoms with E-state index < -0.39 is 5.41 Å². The van der Waals surface area contributed by atoms with E-state index in [-0.39, 0.29) is 30.1 Å². The molecule has 2 aliphatic carbocycles. The Kier molecular flexibility index (Phi) is 8.08. The highest BCUT2D eigenvalue weighted by molar-refractivity contribution is 6.13. The first kappa shape index (κ1) is 33.0. The predicted molar refractivity (Wildman–Crippen MR) is 221 cm³/mol. The number of carbonyl (C=O) groups is 2. The van der Waals surface area contributed by atoms with Crippen LogP contribution < -0.4 is 22.1 Å². The minimum absolute atomic E-state index is 0.0685. The van der Waals surface area contributed by atoms with Crippen molar-refractivity contribution in [2.24, 2.45) is 5.92 Å². The Balaban J connectivity index is 1.03. The number of benzene rings is 7. The number of nitrogen functional groups attached to an aromatic ring is 2. The topological polar surface area (TPSA) is 110 Å². The lowest BCUT2D eigenvalue weighted by atomic mass is 9.63. The molecule has 0 bridgehead atoms. The molecule has 262 valence electrons. The van der Waals surface area contributed by atoms with Crippen LogP contribution >= 0.6 is 0 Å². The third-order valence-corrected chi connectivity index (χ3v) is 11.3. The first-order valence-corrected chi connectivity index (χ1v) is 18.2. The van der Waals surface area contributed by atoms with Crippen LogP contribution in [0.5, 0.6) is 0 Å². The minimum Gasteiger partial charge on any atom is -0.398 e. The van der Waals surface area contributed by atoms with Crippen molar-refractivity contribution >= 4 is 56.0 Å². The minimum atomic E-state index is -0.512. The van der Waals surface area contributed by atoms with Gasteiger partial charge in [-0.15, -0.1) is 0 Å². The van der Waals surface area contributed by atoms with Crippen LogP contribution in [0.4, 0.5) is 22.7 Å². The van der Waals surface area contributed by atoms with Crippen molar-refractivity contribution in [2.75, 3.05) is 28.6 Å². The fourth-order valence-corrected chi connectivity index (χ4v) is 8.68. The molecular formula is C48H38N4O2. The van der Waals surface area contributed by atoms with Gasteiger partial charge >= 0.3 is 0 Å². The number of rotatable bonds is 8. The lowest BCUT2D eigenvalue weighted by molar-refractivity contribution is 0.100. The second-order valence-corrected chi connectivity index (χ2v) is 14.1. The van der Waals surface area contributed by atoms with Crippen LogP contribution in [-0.4, -0.2) is 18.2 Å². The largest absolute Gasteiger partial charge is 0.398 e. The Morgan fingerprint density at radius 3 is 1.81 bits per heavy atom. The standard InChI is InChI=1S/C48H38N4O2/c49-45-36-11-3-1-9-30(36)17-27-40(45)44(53)29-51-34-23-19-32(20-24-34)48(42-15-7-5-13-38(42)39-14-6-8-16-43(39)48)33-21-25-35(26-22-33)52-47(54)41-28-18-31-10-2-4-12-37(31)46(41)50/h1-28,38,42,51H,29,49-50H2,(H,52,54). The van der Waals surface area contributed by atoms with Gasteiger partial charge in [0.15, 0.2) is 5.78 Å². The molecule has 0 fully saturated rings. The van der Waals surface area contributed by atoms with Gasteiger partial charge in [-0.3, -0.25) is 9.59 Å². The van der Waals surface area contributed by atoms with Gasteiger partial charge in [0, 0.05) is 39.5 Å². The number of anilines is 4. The van der Waals surface area contributed by atoms with Gasteiger partial charge in [-0.05, 0) is 69.4 Å². The summed E-state index contributed by atoms with van der Waals surface area (Å²) in [6, 6.07) is 48.4. The average Bonchev–Trinajstić information content (AvgIpc) is 3.52.